The molecule has 2 heterocycles. The number of benzene rings is 1. The summed E-state index contributed by atoms with van der Waals surface area (Å²) in [4.78, 5) is 30.8. The number of aromatic nitrogens is 3. The molecule has 8 nitrogen and oxygen atoms in total. The third-order valence-electron chi connectivity index (χ3n) is 4.54. The van der Waals surface area contributed by atoms with E-state index in [4.69, 9.17) is 26.5 Å². The summed E-state index contributed by atoms with van der Waals surface area (Å²) in [6.07, 6.45) is 1.78. The summed E-state index contributed by atoms with van der Waals surface area (Å²) in [6, 6.07) is 3.98. The third-order valence-corrected chi connectivity index (χ3v) is 6.55. The van der Waals surface area contributed by atoms with Crippen LogP contribution in [0.2, 0.25) is 30.7 Å². The number of ether oxygens (including phenoxy) is 1. The molecule has 0 unspecified atom stereocenters. The first-order chi connectivity index (χ1) is 14.4. The van der Waals surface area contributed by atoms with Gasteiger partial charge in [-0.1, -0.05) is 31.2 Å². The Morgan fingerprint density at radius 1 is 1.29 bits per heavy atom. The number of nitrogens with two attached hydrogens (primary N) is 1. The maximum absolute atomic E-state index is 13.7. The van der Waals surface area contributed by atoms with Gasteiger partial charge in [-0.3, -0.25) is 14.8 Å². The maximum Gasteiger partial charge on any atom is 0.421 e. The number of amides is 1. The lowest BCUT2D eigenvalue weighted by Crippen LogP contribution is -2.33. The van der Waals surface area contributed by atoms with Crippen molar-refractivity contribution in [3.05, 3.63) is 45.8 Å². The molecule has 1 aromatic carbocycles. The van der Waals surface area contributed by atoms with Crippen molar-refractivity contribution in [2.24, 2.45) is 5.73 Å². The molecule has 2 N–H and O–H groups in total. The van der Waals surface area contributed by atoms with Gasteiger partial charge in [0.25, 0.3) is 5.91 Å². The van der Waals surface area contributed by atoms with Crippen LogP contribution in [-0.2, 0) is 22.2 Å². The highest BCUT2D eigenvalue weighted by molar-refractivity contribution is 6.76. The Morgan fingerprint density at radius 3 is 2.58 bits per heavy atom. The lowest BCUT2D eigenvalue weighted by molar-refractivity contribution is -0.143. The molecule has 1 amide bonds. The van der Waals surface area contributed by atoms with Crippen molar-refractivity contribution >= 4 is 36.7 Å². The fourth-order valence-electron chi connectivity index (χ4n) is 2.74. The van der Waals surface area contributed by atoms with E-state index in [1.807, 2.05) is 0 Å². The van der Waals surface area contributed by atoms with Gasteiger partial charge < -0.3 is 14.9 Å². The Hall–Kier alpha value is -2.63. The number of nitrogens with zero attached hydrogens (tertiary/aromatic N) is 3. The van der Waals surface area contributed by atoms with E-state index in [1.165, 1.54) is 16.7 Å². The molecule has 0 spiro atoms. The predicted molar refractivity (Wildman–Crippen MR) is 114 cm³/mol. The number of primary amides is 1. The van der Waals surface area contributed by atoms with Crippen molar-refractivity contribution in [3.8, 4) is 11.3 Å². The molecule has 3 rings (SSSR count). The van der Waals surface area contributed by atoms with Crippen LogP contribution in [0.25, 0.3) is 22.4 Å². The molecule has 166 valence electrons. The van der Waals surface area contributed by atoms with Crippen LogP contribution >= 0.6 is 11.6 Å². The van der Waals surface area contributed by atoms with Gasteiger partial charge in [0, 0.05) is 20.2 Å². The van der Waals surface area contributed by atoms with Gasteiger partial charge in [0.05, 0.1) is 23.1 Å². The number of rotatable bonds is 8. The number of carbonyl (C=O) groups excluding carboxylic acids is 1. The number of hydrogen-bond acceptors (Lipinski definition) is 6. The number of alkyl halides is 2. The van der Waals surface area contributed by atoms with Gasteiger partial charge in [-0.05, 0) is 18.2 Å². The summed E-state index contributed by atoms with van der Waals surface area (Å²) in [5.41, 5.74) is 4.70. The van der Waals surface area contributed by atoms with Crippen LogP contribution in [0.15, 0.2) is 33.7 Å². The number of carbonyl (C=O) groups is 1. The van der Waals surface area contributed by atoms with Crippen molar-refractivity contribution in [2.75, 3.05) is 6.61 Å². The molecule has 12 heteroatoms. The van der Waals surface area contributed by atoms with Crippen LogP contribution in [0.4, 0.5) is 8.78 Å². The highest BCUT2D eigenvalue weighted by atomic mass is 35.5. The first-order valence-electron chi connectivity index (χ1n) is 9.32. The minimum atomic E-state index is -3.95. The first kappa shape index (κ1) is 23.0. The van der Waals surface area contributed by atoms with E-state index >= 15 is 0 Å². The second kappa shape index (κ2) is 8.48. The van der Waals surface area contributed by atoms with Gasteiger partial charge in [-0.15, -0.1) is 0 Å². The first-order valence-corrected chi connectivity index (χ1v) is 13.4. The van der Waals surface area contributed by atoms with Gasteiger partial charge >= 0.3 is 11.7 Å². The minimum absolute atomic E-state index is 0.0467. The number of fused-ring (bicyclic) bond motifs is 1. The second-order valence-electron chi connectivity index (χ2n) is 8.14. The van der Waals surface area contributed by atoms with E-state index in [1.54, 1.807) is 0 Å². The highest BCUT2D eigenvalue weighted by Crippen LogP contribution is 2.33. The SMILES string of the molecule is C[Si](C)(C)CCOCn1c(=O)oc2c(-c3cnc(C(F)(F)C(N)=O)cn3)ccc(Cl)c21. The molecule has 0 aliphatic carbocycles. The maximum atomic E-state index is 13.7. The van der Waals surface area contributed by atoms with Gasteiger partial charge in [-0.2, -0.15) is 8.78 Å². The topological polar surface area (TPSA) is 113 Å². The molecule has 31 heavy (non-hydrogen) atoms. The smallest absolute Gasteiger partial charge is 0.407 e. The van der Waals surface area contributed by atoms with E-state index in [-0.39, 0.29) is 23.0 Å². The van der Waals surface area contributed by atoms with Gasteiger partial charge in [0.2, 0.25) is 0 Å². The summed E-state index contributed by atoms with van der Waals surface area (Å²) in [6.45, 7) is 7.09. The Bertz CT molecular complexity index is 1170. The van der Waals surface area contributed by atoms with Crippen LogP contribution in [-0.4, -0.2) is 35.1 Å². The number of halogens is 3. The van der Waals surface area contributed by atoms with Crippen molar-refractivity contribution in [3.63, 3.8) is 0 Å². The molecule has 3 aromatic rings. The van der Waals surface area contributed by atoms with Crippen molar-refractivity contribution in [2.45, 2.75) is 38.3 Å². The standard InChI is InChI=1S/C19H21ClF2N4O4Si/c1-31(2,3)7-6-29-10-26-15-12(20)5-4-11(16(15)30-18(26)28)13-8-25-14(9-24-13)19(21,22)17(23)27/h4-5,8-9H,6-7,10H2,1-3H3,(H2,23,27). The molecule has 0 aliphatic rings. The fourth-order valence-corrected chi connectivity index (χ4v) is 3.75. The quantitative estimate of drug-likeness (QED) is 0.397. The molecule has 0 saturated carbocycles. The normalized spacial score (nSPS) is 12.5. The Kier molecular flexibility index (Phi) is 6.30. The van der Waals surface area contributed by atoms with E-state index in [2.05, 4.69) is 29.6 Å². The monoisotopic (exact) mass is 470 g/mol. The van der Waals surface area contributed by atoms with E-state index < -0.39 is 31.4 Å². The summed E-state index contributed by atoms with van der Waals surface area (Å²) in [5.74, 6) is -6.47. The van der Waals surface area contributed by atoms with Crippen LogP contribution in [0.3, 0.4) is 0 Å². The summed E-state index contributed by atoms with van der Waals surface area (Å²) >= 11 is 6.29. The van der Waals surface area contributed by atoms with Gasteiger partial charge in [0.15, 0.2) is 5.58 Å². The van der Waals surface area contributed by atoms with Crippen molar-refractivity contribution < 1.29 is 22.7 Å². The fraction of sp³-hybridized carbons (Fsp3) is 0.368. The van der Waals surface area contributed by atoms with E-state index in [9.17, 15) is 18.4 Å². The molecule has 2 aromatic heterocycles. The minimum Gasteiger partial charge on any atom is -0.407 e. The van der Waals surface area contributed by atoms with Crippen LogP contribution in [0.5, 0.6) is 0 Å². The van der Waals surface area contributed by atoms with E-state index in [0.717, 1.165) is 18.4 Å². The molecule has 0 atom stereocenters. The average molecular weight is 471 g/mol. The second-order valence-corrected chi connectivity index (χ2v) is 14.2. The zero-order valence-electron chi connectivity index (χ0n) is 17.1. The Morgan fingerprint density at radius 2 is 2.00 bits per heavy atom. The Labute approximate surface area is 182 Å². The molecule has 0 saturated heterocycles. The number of oxazole rings is 1. The number of hydrogen-bond donors (Lipinski definition) is 1. The predicted octanol–water partition coefficient (Wildman–Crippen LogP) is 3.59. The van der Waals surface area contributed by atoms with Gasteiger partial charge in [0.1, 0.15) is 17.9 Å². The van der Waals surface area contributed by atoms with Crippen LogP contribution in [0.1, 0.15) is 5.69 Å². The van der Waals surface area contributed by atoms with Crippen LogP contribution < -0.4 is 11.5 Å². The summed E-state index contributed by atoms with van der Waals surface area (Å²) in [7, 11) is -1.30. The summed E-state index contributed by atoms with van der Waals surface area (Å²) < 4.78 is 39.7. The highest BCUT2D eigenvalue weighted by Gasteiger charge is 2.41. The summed E-state index contributed by atoms with van der Waals surface area (Å²) in [5, 5.41) is 0.253. The molecule has 0 fully saturated rings. The molecule has 0 aliphatic heterocycles. The zero-order valence-corrected chi connectivity index (χ0v) is 18.9. The van der Waals surface area contributed by atoms with Crippen molar-refractivity contribution in [1.82, 2.24) is 14.5 Å². The average Bonchev–Trinajstić information content (AvgIpc) is 3.01. The molecular formula is C19H21ClF2N4O4Si. The largest absolute Gasteiger partial charge is 0.421 e. The lowest BCUT2D eigenvalue weighted by Gasteiger charge is -2.15. The Balaban J connectivity index is 1.96. The zero-order chi connectivity index (χ0) is 23.0. The molecule has 0 radical (unpaired) electrons. The van der Waals surface area contributed by atoms with Crippen molar-refractivity contribution in [1.29, 1.82) is 0 Å². The van der Waals surface area contributed by atoms with Crippen LogP contribution in [0, 0.1) is 0 Å². The van der Waals surface area contributed by atoms with Gasteiger partial charge in [-0.25, -0.2) is 9.36 Å². The van der Waals surface area contributed by atoms with E-state index in [0.29, 0.717) is 17.7 Å². The molecular weight excluding hydrogens is 450 g/mol. The lowest BCUT2D eigenvalue weighted by atomic mass is 10.1. The third kappa shape index (κ3) is 4.83. The molecule has 0 bridgehead atoms.